The van der Waals surface area contributed by atoms with Crippen LogP contribution in [0.5, 0.6) is 0 Å². The molecule has 0 aliphatic heterocycles. The summed E-state index contributed by atoms with van der Waals surface area (Å²) in [6.45, 7) is 0. The fraction of sp³-hybridized carbons (Fsp3) is 0.333. The first kappa shape index (κ1) is 14.6. The monoisotopic (exact) mass is 338 g/mol. The molecular weight excluding hydrogens is 320 g/mol. The molecule has 1 unspecified atom stereocenters. The predicted octanol–water partition coefficient (Wildman–Crippen LogP) is 4.08. The van der Waals surface area contributed by atoms with Crippen LogP contribution in [0.4, 0.5) is 5.69 Å². The lowest BCUT2D eigenvalue weighted by Gasteiger charge is -2.18. The number of likely N-dealkylation sites (N-methyl/N-ethyl adjacent to an activating group) is 1. The molecule has 1 N–H and O–H groups in total. The summed E-state index contributed by atoms with van der Waals surface area (Å²) in [4.78, 5) is 3.50. The highest BCUT2D eigenvalue weighted by molar-refractivity contribution is 9.10. The van der Waals surface area contributed by atoms with Gasteiger partial charge in [0.25, 0.3) is 0 Å². The third kappa shape index (κ3) is 3.59. The summed E-state index contributed by atoms with van der Waals surface area (Å²) in [5.74, 6) is 0. The van der Waals surface area contributed by atoms with E-state index in [1.807, 2.05) is 7.05 Å². The molecule has 0 saturated carbocycles. The summed E-state index contributed by atoms with van der Waals surface area (Å²) >= 11 is 5.40. The van der Waals surface area contributed by atoms with Gasteiger partial charge in [0.2, 0.25) is 0 Å². The van der Waals surface area contributed by atoms with Gasteiger partial charge in [-0.05, 0) is 52.1 Å². The molecule has 0 fully saturated rings. The molecule has 4 heteroatoms. The fourth-order valence-electron chi connectivity index (χ4n) is 2.05. The normalized spacial score (nSPS) is 12.4. The van der Waals surface area contributed by atoms with E-state index in [0.29, 0.717) is 6.04 Å². The third-order valence-electron chi connectivity index (χ3n) is 3.24. The first-order valence-electron chi connectivity index (χ1n) is 6.28. The molecule has 19 heavy (non-hydrogen) atoms. The van der Waals surface area contributed by atoms with Crippen molar-refractivity contribution >= 4 is 33.0 Å². The van der Waals surface area contributed by atoms with Crippen LogP contribution >= 0.6 is 27.3 Å². The Hall–Kier alpha value is -0.840. The molecule has 0 aliphatic carbocycles. The molecule has 0 bridgehead atoms. The highest BCUT2D eigenvalue weighted by atomic mass is 79.9. The lowest BCUT2D eigenvalue weighted by Crippen LogP contribution is -2.18. The number of anilines is 1. The molecule has 2 aromatic rings. The van der Waals surface area contributed by atoms with Crippen LogP contribution in [0.15, 0.2) is 40.2 Å². The number of benzene rings is 1. The summed E-state index contributed by atoms with van der Waals surface area (Å²) in [5, 5.41) is 5.53. The van der Waals surface area contributed by atoms with E-state index in [4.69, 9.17) is 0 Å². The van der Waals surface area contributed by atoms with Gasteiger partial charge in [0.05, 0.1) is 0 Å². The molecule has 0 amide bonds. The maximum atomic E-state index is 3.60. The topological polar surface area (TPSA) is 15.3 Å². The Morgan fingerprint density at radius 3 is 2.37 bits per heavy atom. The van der Waals surface area contributed by atoms with Crippen LogP contribution in [0.3, 0.4) is 0 Å². The highest BCUT2D eigenvalue weighted by Crippen LogP contribution is 2.28. The van der Waals surface area contributed by atoms with E-state index < -0.39 is 0 Å². The van der Waals surface area contributed by atoms with Crippen LogP contribution in [0.25, 0.3) is 0 Å². The van der Waals surface area contributed by atoms with Crippen molar-refractivity contribution in [3.63, 3.8) is 0 Å². The number of hydrogen-bond acceptors (Lipinski definition) is 3. The average Bonchev–Trinajstić information content (AvgIpc) is 2.81. The van der Waals surface area contributed by atoms with E-state index in [-0.39, 0.29) is 0 Å². The van der Waals surface area contributed by atoms with Gasteiger partial charge in [-0.1, -0.05) is 12.1 Å². The smallest absolute Gasteiger partial charge is 0.0366 e. The van der Waals surface area contributed by atoms with Gasteiger partial charge in [-0.15, -0.1) is 11.3 Å². The summed E-state index contributed by atoms with van der Waals surface area (Å²) < 4.78 is 1.21. The zero-order valence-corrected chi connectivity index (χ0v) is 13.9. The van der Waals surface area contributed by atoms with E-state index >= 15 is 0 Å². The van der Waals surface area contributed by atoms with Crippen LogP contribution in [0, 0.1) is 0 Å². The summed E-state index contributed by atoms with van der Waals surface area (Å²) in [7, 11) is 6.15. The fourth-order valence-corrected chi connectivity index (χ4v) is 3.61. The Morgan fingerprint density at radius 1 is 1.21 bits per heavy atom. The van der Waals surface area contributed by atoms with Crippen LogP contribution in [0.1, 0.15) is 16.5 Å². The van der Waals surface area contributed by atoms with Gasteiger partial charge < -0.3 is 10.2 Å². The van der Waals surface area contributed by atoms with E-state index in [2.05, 4.69) is 76.0 Å². The van der Waals surface area contributed by atoms with Crippen LogP contribution in [-0.4, -0.2) is 21.1 Å². The largest absolute Gasteiger partial charge is 0.378 e. The Morgan fingerprint density at radius 2 is 1.89 bits per heavy atom. The molecular formula is C15H19BrN2S. The second-order valence-corrected chi connectivity index (χ2v) is 6.58. The van der Waals surface area contributed by atoms with Crippen molar-refractivity contribution in [1.29, 1.82) is 0 Å². The number of nitrogens with one attached hydrogen (secondary N) is 1. The maximum absolute atomic E-state index is 3.60. The van der Waals surface area contributed by atoms with E-state index in [0.717, 1.165) is 6.42 Å². The van der Waals surface area contributed by atoms with Gasteiger partial charge >= 0.3 is 0 Å². The Kier molecular flexibility index (Phi) is 5.02. The van der Waals surface area contributed by atoms with Crippen molar-refractivity contribution in [1.82, 2.24) is 5.32 Å². The SMILES string of the molecule is CNC(Cc1sccc1Br)c1ccc(N(C)C)cc1. The molecule has 1 aromatic carbocycles. The second-order valence-electron chi connectivity index (χ2n) is 4.72. The predicted molar refractivity (Wildman–Crippen MR) is 88.3 cm³/mol. The zero-order valence-electron chi connectivity index (χ0n) is 11.5. The molecule has 2 nitrogen and oxygen atoms in total. The molecule has 0 aliphatic rings. The summed E-state index contributed by atoms with van der Waals surface area (Å²) in [6.07, 6.45) is 1.01. The number of hydrogen-bond donors (Lipinski definition) is 1. The lowest BCUT2D eigenvalue weighted by atomic mass is 10.0. The number of rotatable bonds is 5. The van der Waals surface area contributed by atoms with Gasteiger partial charge in [-0.3, -0.25) is 0 Å². The Bertz CT molecular complexity index is 519. The van der Waals surface area contributed by atoms with Gasteiger partial charge in [0.15, 0.2) is 0 Å². The van der Waals surface area contributed by atoms with Gasteiger partial charge in [0, 0.05) is 41.6 Å². The van der Waals surface area contributed by atoms with Crippen molar-refractivity contribution in [2.24, 2.45) is 0 Å². The van der Waals surface area contributed by atoms with E-state index in [9.17, 15) is 0 Å². The second kappa shape index (κ2) is 6.55. The summed E-state index contributed by atoms with van der Waals surface area (Å²) in [5.41, 5.74) is 2.56. The molecule has 0 saturated heterocycles. The van der Waals surface area contributed by atoms with Crippen molar-refractivity contribution in [2.45, 2.75) is 12.5 Å². The lowest BCUT2D eigenvalue weighted by molar-refractivity contribution is 0.596. The quantitative estimate of drug-likeness (QED) is 0.883. The molecule has 0 spiro atoms. The third-order valence-corrected chi connectivity index (χ3v) is 5.19. The van der Waals surface area contributed by atoms with Crippen LogP contribution in [0.2, 0.25) is 0 Å². The number of nitrogens with zero attached hydrogens (tertiary/aromatic N) is 1. The first-order valence-corrected chi connectivity index (χ1v) is 7.95. The van der Waals surface area contributed by atoms with E-state index in [1.54, 1.807) is 11.3 Å². The molecule has 1 atom stereocenters. The maximum Gasteiger partial charge on any atom is 0.0366 e. The Balaban J connectivity index is 2.15. The minimum absolute atomic E-state index is 0.353. The minimum Gasteiger partial charge on any atom is -0.378 e. The molecule has 102 valence electrons. The zero-order chi connectivity index (χ0) is 13.8. The number of halogens is 1. The van der Waals surface area contributed by atoms with Gasteiger partial charge in [-0.2, -0.15) is 0 Å². The first-order chi connectivity index (χ1) is 9.11. The van der Waals surface area contributed by atoms with Crippen LogP contribution in [-0.2, 0) is 6.42 Å². The van der Waals surface area contributed by atoms with Crippen molar-refractivity contribution in [2.75, 3.05) is 26.0 Å². The number of thiophene rings is 1. The van der Waals surface area contributed by atoms with E-state index in [1.165, 1.54) is 20.6 Å². The van der Waals surface area contributed by atoms with Crippen LogP contribution < -0.4 is 10.2 Å². The van der Waals surface area contributed by atoms with Gasteiger partial charge in [0.1, 0.15) is 0 Å². The van der Waals surface area contributed by atoms with Crippen molar-refractivity contribution in [3.05, 3.63) is 50.6 Å². The standard InChI is InChI=1S/C15H19BrN2S/c1-17-14(10-15-13(16)8-9-19-15)11-4-6-12(7-5-11)18(2)3/h4-9,14,17H,10H2,1-3H3. The molecule has 1 heterocycles. The average molecular weight is 339 g/mol. The Labute approximate surface area is 127 Å². The molecule has 2 rings (SSSR count). The molecule has 0 radical (unpaired) electrons. The summed E-state index contributed by atoms with van der Waals surface area (Å²) in [6, 6.07) is 11.2. The molecule has 1 aromatic heterocycles. The van der Waals surface area contributed by atoms with Gasteiger partial charge in [-0.25, -0.2) is 0 Å². The van der Waals surface area contributed by atoms with Crippen molar-refractivity contribution < 1.29 is 0 Å². The highest BCUT2D eigenvalue weighted by Gasteiger charge is 2.13. The van der Waals surface area contributed by atoms with Crippen molar-refractivity contribution in [3.8, 4) is 0 Å². The minimum atomic E-state index is 0.353.